The molecular formula is C14H13ClN2O4. The zero-order chi connectivity index (χ0) is 15.2. The van der Waals surface area contributed by atoms with Gasteiger partial charge in [0.05, 0.1) is 24.9 Å². The Kier molecular flexibility index (Phi) is 4.84. The lowest BCUT2D eigenvalue weighted by Gasteiger charge is -2.12. The first-order valence-electron chi connectivity index (χ1n) is 5.95. The fourth-order valence-electron chi connectivity index (χ4n) is 1.60. The van der Waals surface area contributed by atoms with E-state index in [1.54, 1.807) is 24.3 Å². The Balaban J connectivity index is 2.15. The fourth-order valence-corrected chi connectivity index (χ4v) is 1.84. The summed E-state index contributed by atoms with van der Waals surface area (Å²) < 4.78 is 15.3. The average Bonchev–Trinajstić information content (AvgIpc) is 2.48. The van der Waals surface area contributed by atoms with Gasteiger partial charge in [0.1, 0.15) is 11.5 Å². The standard InChI is InChI=1S/C14H13ClN2O4/c1-19-11-8-12(20-2)10(7-9(11)15)17-14(18)21-13-5-3-4-6-16-13/h3-8H,1-2H3,(H,17,18). The predicted molar refractivity (Wildman–Crippen MR) is 78.4 cm³/mol. The van der Waals surface area contributed by atoms with E-state index in [9.17, 15) is 4.79 Å². The highest BCUT2D eigenvalue weighted by Crippen LogP contribution is 2.35. The Morgan fingerprint density at radius 3 is 2.57 bits per heavy atom. The summed E-state index contributed by atoms with van der Waals surface area (Å²) in [5.74, 6) is 1.03. The van der Waals surface area contributed by atoms with Crippen LogP contribution in [0.1, 0.15) is 0 Å². The van der Waals surface area contributed by atoms with E-state index >= 15 is 0 Å². The molecule has 0 saturated heterocycles. The lowest BCUT2D eigenvalue weighted by atomic mass is 10.2. The molecule has 0 aliphatic heterocycles. The summed E-state index contributed by atoms with van der Waals surface area (Å²) in [7, 11) is 2.96. The monoisotopic (exact) mass is 308 g/mol. The van der Waals surface area contributed by atoms with Gasteiger partial charge in [-0.1, -0.05) is 17.7 Å². The molecule has 0 saturated carbocycles. The summed E-state index contributed by atoms with van der Waals surface area (Å²) in [4.78, 5) is 15.7. The first kappa shape index (κ1) is 14.9. The van der Waals surface area contributed by atoms with Crippen molar-refractivity contribution in [2.75, 3.05) is 19.5 Å². The van der Waals surface area contributed by atoms with Crippen LogP contribution in [-0.2, 0) is 0 Å². The Bertz CT molecular complexity index is 634. The Morgan fingerprint density at radius 2 is 1.95 bits per heavy atom. The second-order valence-electron chi connectivity index (χ2n) is 3.87. The maximum absolute atomic E-state index is 11.8. The minimum absolute atomic E-state index is 0.188. The van der Waals surface area contributed by atoms with E-state index in [4.69, 9.17) is 25.8 Å². The third-order valence-electron chi connectivity index (χ3n) is 2.55. The second kappa shape index (κ2) is 6.81. The topological polar surface area (TPSA) is 69.7 Å². The molecule has 21 heavy (non-hydrogen) atoms. The highest BCUT2D eigenvalue weighted by molar-refractivity contribution is 6.32. The van der Waals surface area contributed by atoms with Crippen molar-refractivity contribution < 1.29 is 19.0 Å². The van der Waals surface area contributed by atoms with Crippen molar-refractivity contribution in [3.8, 4) is 17.4 Å². The number of halogens is 1. The van der Waals surface area contributed by atoms with E-state index in [0.29, 0.717) is 22.2 Å². The van der Waals surface area contributed by atoms with Crippen LogP contribution in [0.25, 0.3) is 0 Å². The van der Waals surface area contributed by atoms with Gasteiger partial charge in [0.25, 0.3) is 0 Å². The maximum atomic E-state index is 11.8. The quantitative estimate of drug-likeness (QED) is 0.937. The van der Waals surface area contributed by atoms with Crippen LogP contribution in [0.5, 0.6) is 17.4 Å². The number of carbonyl (C=O) groups is 1. The molecule has 0 fully saturated rings. The number of pyridine rings is 1. The van der Waals surface area contributed by atoms with E-state index in [2.05, 4.69) is 10.3 Å². The Morgan fingerprint density at radius 1 is 1.19 bits per heavy atom. The molecule has 1 N–H and O–H groups in total. The lowest BCUT2D eigenvalue weighted by molar-refractivity contribution is 0.213. The molecule has 7 heteroatoms. The van der Waals surface area contributed by atoms with Crippen LogP contribution >= 0.6 is 11.6 Å². The zero-order valence-corrected chi connectivity index (χ0v) is 12.2. The molecule has 0 aliphatic carbocycles. The summed E-state index contributed by atoms with van der Waals surface area (Å²) >= 11 is 6.02. The number of hydrogen-bond donors (Lipinski definition) is 1. The number of amides is 1. The van der Waals surface area contributed by atoms with Gasteiger partial charge >= 0.3 is 6.09 Å². The predicted octanol–water partition coefficient (Wildman–Crippen LogP) is 3.36. The van der Waals surface area contributed by atoms with E-state index in [1.807, 2.05) is 0 Å². The second-order valence-corrected chi connectivity index (χ2v) is 4.28. The molecule has 2 aromatic rings. The average molecular weight is 309 g/mol. The molecular weight excluding hydrogens is 296 g/mol. The molecule has 0 unspecified atom stereocenters. The van der Waals surface area contributed by atoms with Crippen molar-refractivity contribution in [3.05, 3.63) is 41.6 Å². The number of nitrogens with one attached hydrogen (secondary N) is 1. The number of anilines is 1. The van der Waals surface area contributed by atoms with Crippen LogP contribution in [-0.4, -0.2) is 25.3 Å². The summed E-state index contributed by atoms with van der Waals surface area (Å²) in [6, 6.07) is 8.08. The summed E-state index contributed by atoms with van der Waals surface area (Å²) in [6.07, 6.45) is 0.821. The van der Waals surface area contributed by atoms with Crippen LogP contribution in [0.3, 0.4) is 0 Å². The van der Waals surface area contributed by atoms with Gasteiger partial charge in [0, 0.05) is 18.3 Å². The number of carbonyl (C=O) groups excluding carboxylic acids is 1. The molecule has 1 amide bonds. The molecule has 0 atom stereocenters. The Labute approximate surface area is 126 Å². The van der Waals surface area contributed by atoms with Gasteiger partial charge in [-0.15, -0.1) is 0 Å². The summed E-state index contributed by atoms with van der Waals surface area (Å²) in [5, 5.41) is 2.88. The largest absolute Gasteiger partial charge is 0.495 e. The smallest absolute Gasteiger partial charge is 0.418 e. The highest BCUT2D eigenvalue weighted by Gasteiger charge is 2.13. The number of hydrogen-bond acceptors (Lipinski definition) is 5. The number of benzene rings is 1. The molecule has 0 spiro atoms. The summed E-state index contributed by atoms with van der Waals surface area (Å²) in [6.45, 7) is 0. The molecule has 1 aromatic heterocycles. The fraction of sp³-hybridized carbons (Fsp3) is 0.143. The van der Waals surface area contributed by atoms with Gasteiger partial charge in [0.2, 0.25) is 5.88 Å². The molecule has 0 radical (unpaired) electrons. The minimum atomic E-state index is -0.701. The van der Waals surface area contributed by atoms with E-state index in [1.165, 1.54) is 26.5 Å². The van der Waals surface area contributed by atoms with Crippen molar-refractivity contribution in [3.63, 3.8) is 0 Å². The van der Waals surface area contributed by atoms with Crippen LogP contribution in [0.4, 0.5) is 10.5 Å². The van der Waals surface area contributed by atoms with Gasteiger partial charge in [-0.3, -0.25) is 5.32 Å². The SMILES string of the molecule is COc1cc(OC)c(NC(=O)Oc2ccccn2)cc1Cl. The molecule has 1 heterocycles. The number of ether oxygens (including phenoxy) is 3. The van der Waals surface area contributed by atoms with E-state index in [-0.39, 0.29) is 5.88 Å². The van der Waals surface area contributed by atoms with Crippen molar-refractivity contribution >= 4 is 23.4 Å². The third-order valence-corrected chi connectivity index (χ3v) is 2.84. The first-order chi connectivity index (χ1) is 10.1. The molecule has 1 aromatic carbocycles. The molecule has 110 valence electrons. The number of aromatic nitrogens is 1. The third kappa shape index (κ3) is 3.76. The van der Waals surface area contributed by atoms with Crippen molar-refractivity contribution in [2.24, 2.45) is 0 Å². The van der Waals surface area contributed by atoms with Crippen LogP contribution in [0.2, 0.25) is 5.02 Å². The lowest BCUT2D eigenvalue weighted by Crippen LogP contribution is -2.17. The molecule has 6 nitrogen and oxygen atoms in total. The van der Waals surface area contributed by atoms with Crippen LogP contribution in [0, 0.1) is 0 Å². The zero-order valence-electron chi connectivity index (χ0n) is 11.4. The first-order valence-corrected chi connectivity index (χ1v) is 6.33. The van der Waals surface area contributed by atoms with Crippen LogP contribution in [0.15, 0.2) is 36.5 Å². The van der Waals surface area contributed by atoms with Crippen LogP contribution < -0.4 is 19.5 Å². The van der Waals surface area contributed by atoms with E-state index in [0.717, 1.165) is 0 Å². The molecule has 0 aliphatic rings. The van der Waals surface area contributed by atoms with Gasteiger partial charge in [-0.25, -0.2) is 9.78 Å². The van der Waals surface area contributed by atoms with Crippen molar-refractivity contribution in [2.45, 2.75) is 0 Å². The van der Waals surface area contributed by atoms with Gasteiger partial charge in [-0.05, 0) is 12.1 Å². The number of methoxy groups -OCH3 is 2. The van der Waals surface area contributed by atoms with Gasteiger partial charge in [0.15, 0.2) is 0 Å². The summed E-state index contributed by atoms with van der Waals surface area (Å²) in [5.41, 5.74) is 0.365. The van der Waals surface area contributed by atoms with Gasteiger partial charge < -0.3 is 14.2 Å². The highest BCUT2D eigenvalue weighted by atomic mass is 35.5. The van der Waals surface area contributed by atoms with Crippen molar-refractivity contribution in [1.82, 2.24) is 4.98 Å². The molecule has 2 rings (SSSR count). The van der Waals surface area contributed by atoms with Gasteiger partial charge in [-0.2, -0.15) is 0 Å². The van der Waals surface area contributed by atoms with E-state index < -0.39 is 6.09 Å². The normalized spacial score (nSPS) is 9.86. The number of nitrogens with zero attached hydrogens (tertiary/aromatic N) is 1. The maximum Gasteiger partial charge on any atom is 0.418 e. The Hall–Kier alpha value is -2.47. The molecule has 0 bridgehead atoms. The van der Waals surface area contributed by atoms with Crippen molar-refractivity contribution in [1.29, 1.82) is 0 Å². The minimum Gasteiger partial charge on any atom is -0.495 e. The number of rotatable bonds is 4.